The van der Waals surface area contributed by atoms with E-state index in [1.54, 1.807) is 24.0 Å². The van der Waals surface area contributed by atoms with Gasteiger partial charge in [-0.2, -0.15) is 9.61 Å². The summed E-state index contributed by atoms with van der Waals surface area (Å²) < 4.78 is 7.18. The van der Waals surface area contributed by atoms with Crippen LogP contribution in [0.2, 0.25) is 0 Å². The molecule has 0 saturated carbocycles. The lowest BCUT2D eigenvalue weighted by Gasteiger charge is -2.19. The highest BCUT2D eigenvalue weighted by molar-refractivity contribution is 5.66. The highest BCUT2D eigenvalue weighted by Gasteiger charge is 2.16. The highest BCUT2D eigenvalue weighted by Crippen LogP contribution is 2.24. The van der Waals surface area contributed by atoms with E-state index in [1.165, 1.54) is 0 Å². The molecule has 6 heteroatoms. The summed E-state index contributed by atoms with van der Waals surface area (Å²) in [6, 6.07) is 19.8. The van der Waals surface area contributed by atoms with E-state index in [0.717, 1.165) is 28.4 Å². The summed E-state index contributed by atoms with van der Waals surface area (Å²) in [6.45, 7) is 0.489. The highest BCUT2D eigenvalue weighted by atomic mass is 16.5. The van der Waals surface area contributed by atoms with Crippen molar-refractivity contribution in [3.63, 3.8) is 0 Å². The Kier molecular flexibility index (Phi) is 4.57. The Labute approximate surface area is 151 Å². The summed E-state index contributed by atoms with van der Waals surface area (Å²) in [5.74, 6) is 0.839. The quantitative estimate of drug-likeness (QED) is 0.578. The Bertz CT molecular complexity index is 985. The van der Waals surface area contributed by atoms with Crippen LogP contribution in [0.5, 0.6) is 0 Å². The molecule has 4 aromatic rings. The van der Waals surface area contributed by atoms with E-state index in [9.17, 15) is 0 Å². The van der Waals surface area contributed by atoms with Crippen molar-refractivity contribution in [1.82, 2.24) is 19.6 Å². The Morgan fingerprint density at radius 2 is 1.88 bits per heavy atom. The molecule has 0 unspecified atom stereocenters. The molecule has 1 aromatic carbocycles. The fraction of sp³-hybridized carbons (Fsp3) is 0.150. The standard InChI is InChI=1S/C20H19N5O/c1-26-14-18(16-9-5-6-11-21-16)24-20-13-17(15-7-3-2-4-8-15)23-19-10-12-22-25(19)20/h2-13,18,24H,14H2,1H3/t18-/m1/s1. The molecule has 1 atom stereocenters. The SMILES string of the molecule is COC[C@@H](Nc1cc(-c2ccccc2)nc2ccnn12)c1ccccn1. The number of anilines is 1. The molecule has 0 saturated heterocycles. The van der Waals surface area contributed by atoms with Crippen molar-refractivity contribution in [2.45, 2.75) is 6.04 Å². The van der Waals surface area contributed by atoms with Gasteiger partial charge in [-0.3, -0.25) is 4.98 Å². The lowest BCUT2D eigenvalue weighted by molar-refractivity contribution is 0.185. The molecule has 6 nitrogen and oxygen atoms in total. The van der Waals surface area contributed by atoms with Crippen molar-refractivity contribution in [2.75, 3.05) is 19.0 Å². The third-order valence-electron chi connectivity index (χ3n) is 4.13. The third kappa shape index (κ3) is 3.27. The first-order valence-electron chi connectivity index (χ1n) is 8.42. The van der Waals surface area contributed by atoms with Crippen molar-refractivity contribution in [1.29, 1.82) is 0 Å². The predicted octanol–water partition coefficient (Wildman–Crippen LogP) is 3.59. The van der Waals surface area contributed by atoms with Gasteiger partial charge in [-0.05, 0) is 12.1 Å². The molecule has 1 N–H and O–H groups in total. The molecule has 0 aliphatic rings. The largest absolute Gasteiger partial charge is 0.382 e. The van der Waals surface area contributed by atoms with E-state index < -0.39 is 0 Å². The second kappa shape index (κ2) is 7.33. The molecular weight excluding hydrogens is 326 g/mol. The van der Waals surface area contributed by atoms with Crippen molar-refractivity contribution in [3.05, 3.63) is 78.8 Å². The first-order valence-corrected chi connectivity index (χ1v) is 8.42. The summed E-state index contributed by atoms with van der Waals surface area (Å²) in [7, 11) is 1.68. The number of ether oxygens (including phenoxy) is 1. The Morgan fingerprint density at radius 1 is 1.04 bits per heavy atom. The predicted molar refractivity (Wildman–Crippen MR) is 101 cm³/mol. The van der Waals surface area contributed by atoms with Gasteiger partial charge in [-0.15, -0.1) is 0 Å². The first-order chi connectivity index (χ1) is 12.8. The van der Waals surface area contributed by atoms with Gasteiger partial charge in [0.05, 0.1) is 30.2 Å². The number of pyridine rings is 1. The maximum atomic E-state index is 5.39. The second-order valence-corrected chi connectivity index (χ2v) is 5.90. The molecule has 26 heavy (non-hydrogen) atoms. The fourth-order valence-corrected chi connectivity index (χ4v) is 2.90. The average molecular weight is 345 g/mol. The summed E-state index contributed by atoms with van der Waals surface area (Å²) in [5.41, 5.74) is 3.64. The number of fused-ring (bicyclic) bond motifs is 1. The van der Waals surface area contributed by atoms with Gasteiger partial charge in [0, 0.05) is 31.0 Å². The zero-order valence-corrected chi connectivity index (χ0v) is 14.4. The van der Waals surface area contributed by atoms with Crippen LogP contribution in [-0.4, -0.2) is 33.3 Å². The molecule has 4 rings (SSSR count). The molecule has 0 radical (unpaired) electrons. The Morgan fingerprint density at radius 3 is 2.65 bits per heavy atom. The zero-order valence-electron chi connectivity index (χ0n) is 14.4. The number of hydrogen-bond acceptors (Lipinski definition) is 5. The minimum Gasteiger partial charge on any atom is -0.382 e. The minimum absolute atomic E-state index is 0.0976. The maximum absolute atomic E-state index is 5.39. The van der Waals surface area contributed by atoms with Crippen molar-refractivity contribution in [3.8, 4) is 11.3 Å². The summed E-state index contributed by atoms with van der Waals surface area (Å²) >= 11 is 0. The van der Waals surface area contributed by atoms with Gasteiger partial charge in [0.25, 0.3) is 0 Å². The van der Waals surface area contributed by atoms with Crippen LogP contribution < -0.4 is 5.32 Å². The molecule has 0 aliphatic carbocycles. The number of nitrogens with one attached hydrogen (secondary N) is 1. The normalized spacial score (nSPS) is 12.2. The van der Waals surface area contributed by atoms with Crippen LogP contribution in [-0.2, 0) is 4.74 Å². The van der Waals surface area contributed by atoms with Gasteiger partial charge in [-0.1, -0.05) is 36.4 Å². The van der Waals surface area contributed by atoms with Crippen molar-refractivity contribution in [2.24, 2.45) is 0 Å². The number of nitrogens with zero attached hydrogens (tertiary/aromatic N) is 4. The summed E-state index contributed by atoms with van der Waals surface area (Å²) in [5, 5.41) is 7.90. The van der Waals surface area contributed by atoms with E-state index >= 15 is 0 Å². The Balaban J connectivity index is 1.76. The molecule has 3 aromatic heterocycles. The van der Waals surface area contributed by atoms with Crippen LogP contribution in [0.3, 0.4) is 0 Å². The molecule has 0 bridgehead atoms. The van der Waals surface area contributed by atoms with Crippen LogP contribution in [0.25, 0.3) is 16.9 Å². The van der Waals surface area contributed by atoms with Crippen LogP contribution in [0, 0.1) is 0 Å². The molecule has 3 heterocycles. The van der Waals surface area contributed by atoms with E-state index in [4.69, 9.17) is 9.72 Å². The number of aromatic nitrogens is 4. The molecule has 0 aliphatic heterocycles. The smallest absolute Gasteiger partial charge is 0.157 e. The molecule has 130 valence electrons. The molecule has 0 spiro atoms. The minimum atomic E-state index is -0.0976. The number of methoxy groups -OCH3 is 1. The van der Waals surface area contributed by atoms with Gasteiger partial charge in [0.1, 0.15) is 5.82 Å². The topological polar surface area (TPSA) is 64.3 Å². The number of rotatable bonds is 6. The van der Waals surface area contributed by atoms with Gasteiger partial charge < -0.3 is 10.1 Å². The van der Waals surface area contributed by atoms with Gasteiger partial charge in [-0.25, -0.2) is 4.98 Å². The van der Waals surface area contributed by atoms with E-state index in [-0.39, 0.29) is 6.04 Å². The van der Waals surface area contributed by atoms with Gasteiger partial charge in [0.2, 0.25) is 0 Å². The van der Waals surface area contributed by atoms with E-state index in [0.29, 0.717) is 6.61 Å². The summed E-state index contributed by atoms with van der Waals surface area (Å²) in [4.78, 5) is 9.16. The third-order valence-corrected chi connectivity index (χ3v) is 4.13. The first kappa shape index (κ1) is 16.2. The van der Waals surface area contributed by atoms with E-state index in [2.05, 4.69) is 15.4 Å². The molecule has 0 amide bonds. The molecule has 0 fully saturated rings. The zero-order chi connectivity index (χ0) is 17.8. The number of benzene rings is 1. The molecular formula is C20H19N5O. The van der Waals surface area contributed by atoms with E-state index in [1.807, 2.05) is 60.7 Å². The summed E-state index contributed by atoms with van der Waals surface area (Å²) in [6.07, 6.45) is 3.53. The monoisotopic (exact) mass is 345 g/mol. The Hall–Kier alpha value is -3.25. The van der Waals surface area contributed by atoms with Crippen LogP contribution in [0.4, 0.5) is 5.82 Å². The maximum Gasteiger partial charge on any atom is 0.157 e. The van der Waals surface area contributed by atoms with Crippen LogP contribution in [0.1, 0.15) is 11.7 Å². The number of hydrogen-bond donors (Lipinski definition) is 1. The van der Waals surface area contributed by atoms with Crippen molar-refractivity contribution >= 4 is 11.5 Å². The fourth-order valence-electron chi connectivity index (χ4n) is 2.90. The average Bonchev–Trinajstić information content (AvgIpc) is 3.18. The van der Waals surface area contributed by atoms with Gasteiger partial charge >= 0.3 is 0 Å². The lowest BCUT2D eigenvalue weighted by Crippen LogP contribution is -2.19. The van der Waals surface area contributed by atoms with Crippen molar-refractivity contribution < 1.29 is 4.74 Å². The van der Waals surface area contributed by atoms with Crippen LogP contribution >= 0.6 is 0 Å². The second-order valence-electron chi connectivity index (χ2n) is 5.90. The van der Waals surface area contributed by atoms with Crippen LogP contribution in [0.15, 0.2) is 73.1 Å². The van der Waals surface area contributed by atoms with Gasteiger partial charge in [0.15, 0.2) is 5.65 Å². The lowest BCUT2D eigenvalue weighted by atomic mass is 10.1.